The van der Waals surface area contributed by atoms with Gasteiger partial charge in [-0.2, -0.15) is 0 Å². The van der Waals surface area contributed by atoms with Crippen LogP contribution in [0.2, 0.25) is 15.1 Å². The van der Waals surface area contributed by atoms with Crippen LogP contribution in [0.25, 0.3) is 0 Å². The standard InChI is InChI=1S/C22H20Cl3NO/c1-15-5-7-16(8-6-15)12-26-13-17-11-18(23)9-10-22(17)27-14-19-20(24)3-2-4-21(19)25/h2-11,26H,12-14H2,1H3. The topological polar surface area (TPSA) is 21.3 Å². The van der Waals surface area contributed by atoms with E-state index in [4.69, 9.17) is 39.5 Å². The van der Waals surface area contributed by atoms with Gasteiger partial charge in [-0.3, -0.25) is 0 Å². The van der Waals surface area contributed by atoms with E-state index in [-0.39, 0.29) is 0 Å². The number of ether oxygens (including phenoxy) is 1. The molecule has 1 N–H and O–H groups in total. The molecule has 0 fully saturated rings. The lowest BCUT2D eigenvalue weighted by molar-refractivity contribution is 0.302. The van der Waals surface area contributed by atoms with Crippen molar-refractivity contribution in [1.29, 1.82) is 0 Å². The van der Waals surface area contributed by atoms with Gasteiger partial charge >= 0.3 is 0 Å². The average Bonchev–Trinajstić information content (AvgIpc) is 2.64. The smallest absolute Gasteiger partial charge is 0.124 e. The van der Waals surface area contributed by atoms with Crippen LogP contribution in [-0.2, 0) is 19.7 Å². The summed E-state index contributed by atoms with van der Waals surface area (Å²) < 4.78 is 5.99. The zero-order valence-electron chi connectivity index (χ0n) is 14.9. The van der Waals surface area contributed by atoms with Gasteiger partial charge in [0.1, 0.15) is 12.4 Å². The van der Waals surface area contributed by atoms with Crippen molar-refractivity contribution in [2.24, 2.45) is 0 Å². The summed E-state index contributed by atoms with van der Waals surface area (Å²) in [5.74, 6) is 0.756. The fraction of sp³-hybridized carbons (Fsp3) is 0.182. The molecule has 3 rings (SSSR count). The van der Waals surface area contributed by atoms with E-state index in [1.54, 1.807) is 12.1 Å². The van der Waals surface area contributed by atoms with E-state index in [0.717, 1.165) is 23.4 Å². The monoisotopic (exact) mass is 419 g/mol. The van der Waals surface area contributed by atoms with Gasteiger partial charge in [-0.15, -0.1) is 0 Å². The lowest BCUT2D eigenvalue weighted by atomic mass is 10.1. The van der Waals surface area contributed by atoms with Gasteiger partial charge in [-0.05, 0) is 42.8 Å². The van der Waals surface area contributed by atoms with Crippen LogP contribution < -0.4 is 10.1 Å². The lowest BCUT2D eigenvalue weighted by Crippen LogP contribution is -2.13. The molecule has 0 saturated heterocycles. The van der Waals surface area contributed by atoms with E-state index < -0.39 is 0 Å². The third kappa shape index (κ3) is 5.63. The summed E-state index contributed by atoms with van der Waals surface area (Å²) in [4.78, 5) is 0. The highest BCUT2D eigenvalue weighted by molar-refractivity contribution is 6.36. The number of rotatable bonds is 7. The molecule has 0 unspecified atom stereocenters. The van der Waals surface area contributed by atoms with Gasteiger partial charge in [0.25, 0.3) is 0 Å². The minimum absolute atomic E-state index is 0.297. The summed E-state index contributed by atoms with van der Waals surface area (Å²) in [5, 5.41) is 5.29. The van der Waals surface area contributed by atoms with E-state index in [9.17, 15) is 0 Å². The first-order valence-corrected chi connectivity index (χ1v) is 9.76. The molecule has 3 aromatic rings. The van der Waals surface area contributed by atoms with Crippen molar-refractivity contribution in [3.05, 3.63) is 98.0 Å². The third-order valence-corrected chi connectivity index (χ3v) is 5.16. The van der Waals surface area contributed by atoms with Crippen LogP contribution in [-0.4, -0.2) is 0 Å². The zero-order chi connectivity index (χ0) is 19.2. The van der Waals surface area contributed by atoms with Crippen LogP contribution in [0.1, 0.15) is 22.3 Å². The van der Waals surface area contributed by atoms with E-state index in [1.807, 2.05) is 24.3 Å². The highest BCUT2D eigenvalue weighted by atomic mass is 35.5. The van der Waals surface area contributed by atoms with Crippen LogP contribution >= 0.6 is 34.8 Å². The SMILES string of the molecule is Cc1ccc(CNCc2cc(Cl)ccc2OCc2c(Cl)cccc2Cl)cc1. The van der Waals surface area contributed by atoms with Gasteiger partial charge in [0.2, 0.25) is 0 Å². The van der Waals surface area contributed by atoms with E-state index in [0.29, 0.717) is 28.2 Å². The Kier molecular flexibility index (Phi) is 7.03. The first-order chi connectivity index (χ1) is 13.0. The second kappa shape index (κ2) is 9.48. The van der Waals surface area contributed by atoms with Gasteiger partial charge in [0.15, 0.2) is 0 Å². The molecule has 0 amide bonds. The fourth-order valence-corrected chi connectivity index (χ4v) is 3.40. The molecule has 0 saturated carbocycles. The molecular formula is C22H20Cl3NO. The Balaban J connectivity index is 1.66. The Morgan fingerprint density at radius 2 is 1.56 bits per heavy atom. The Hall–Kier alpha value is -1.71. The van der Waals surface area contributed by atoms with Crippen molar-refractivity contribution < 1.29 is 4.74 Å². The molecule has 0 aliphatic carbocycles. The fourth-order valence-electron chi connectivity index (χ4n) is 2.69. The molecule has 0 aliphatic rings. The van der Waals surface area contributed by atoms with Crippen molar-refractivity contribution in [3.8, 4) is 5.75 Å². The summed E-state index contributed by atoms with van der Waals surface area (Å²) in [6.45, 7) is 3.78. The molecule has 0 aromatic heterocycles. The van der Waals surface area contributed by atoms with Crippen molar-refractivity contribution in [2.45, 2.75) is 26.6 Å². The number of aryl methyl sites for hydroxylation is 1. The number of benzene rings is 3. The van der Waals surface area contributed by atoms with Crippen molar-refractivity contribution >= 4 is 34.8 Å². The van der Waals surface area contributed by atoms with Crippen molar-refractivity contribution in [1.82, 2.24) is 5.32 Å². The molecule has 5 heteroatoms. The maximum absolute atomic E-state index is 6.23. The molecule has 0 atom stereocenters. The molecule has 140 valence electrons. The van der Waals surface area contributed by atoms with Gasteiger partial charge < -0.3 is 10.1 Å². The average molecular weight is 421 g/mol. The quantitative estimate of drug-likeness (QED) is 0.452. The Labute approximate surface area is 175 Å². The predicted molar refractivity (Wildman–Crippen MR) is 114 cm³/mol. The van der Waals surface area contributed by atoms with Crippen LogP contribution in [0.3, 0.4) is 0 Å². The minimum Gasteiger partial charge on any atom is -0.488 e. The van der Waals surface area contributed by atoms with Gasteiger partial charge in [0, 0.05) is 39.3 Å². The summed E-state index contributed by atoms with van der Waals surface area (Å²) in [6.07, 6.45) is 0. The number of hydrogen-bond acceptors (Lipinski definition) is 2. The number of halogens is 3. The number of nitrogens with one attached hydrogen (secondary N) is 1. The first kappa shape index (κ1) is 20.0. The lowest BCUT2D eigenvalue weighted by Gasteiger charge is -2.14. The minimum atomic E-state index is 0.297. The molecule has 0 bridgehead atoms. The number of hydrogen-bond donors (Lipinski definition) is 1. The molecule has 27 heavy (non-hydrogen) atoms. The molecule has 3 aromatic carbocycles. The molecular weight excluding hydrogens is 401 g/mol. The highest BCUT2D eigenvalue weighted by Gasteiger charge is 2.09. The third-order valence-electron chi connectivity index (χ3n) is 4.22. The molecule has 0 radical (unpaired) electrons. The van der Waals surface area contributed by atoms with Crippen molar-refractivity contribution in [3.63, 3.8) is 0 Å². The van der Waals surface area contributed by atoms with Crippen LogP contribution in [0.5, 0.6) is 5.75 Å². The van der Waals surface area contributed by atoms with E-state index >= 15 is 0 Å². The Morgan fingerprint density at radius 1 is 0.852 bits per heavy atom. The maximum atomic E-state index is 6.23. The Morgan fingerprint density at radius 3 is 2.26 bits per heavy atom. The van der Waals surface area contributed by atoms with E-state index in [2.05, 4.69) is 36.5 Å². The first-order valence-electron chi connectivity index (χ1n) is 8.63. The summed E-state index contributed by atoms with van der Waals surface area (Å²) in [5.41, 5.74) is 4.24. The highest BCUT2D eigenvalue weighted by Crippen LogP contribution is 2.28. The summed E-state index contributed by atoms with van der Waals surface area (Å²) >= 11 is 18.6. The zero-order valence-corrected chi connectivity index (χ0v) is 17.2. The van der Waals surface area contributed by atoms with Gasteiger partial charge in [-0.1, -0.05) is 70.7 Å². The van der Waals surface area contributed by atoms with Gasteiger partial charge in [0.05, 0.1) is 0 Å². The maximum Gasteiger partial charge on any atom is 0.124 e. The Bertz CT molecular complexity index is 890. The van der Waals surface area contributed by atoms with Crippen LogP contribution in [0.4, 0.5) is 0 Å². The second-order valence-electron chi connectivity index (χ2n) is 6.33. The second-order valence-corrected chi connectivity index (χ2v) is 7.58. The molecule has 2 nitrogen and oxygen atoms in total. The predicted octanol–water partition coefficient (Wildman–Crippen LogP) is 6.82. The summed E-state index contributed by atoms with van der Waals surface area (Å²) in [6, 6.07) is 19.5. The normalized spacial score (nSPS) is 10.8. The van der Waals surface area contributed by atoms with E-state index in [1.165, 1.54) is 11.1 Å². The molecule has 0 aliphatic heterocycles. The van der Waals surface area contributed by atoms with Crippen LogP contribution in [0, 0.1) is 6.92 Å². The van der Waals surface area contributed by atoms with Crippen molar-refractivity contribution in [2.75, 3.05) is 0 Å². The largest absolute Gasteiger partial charge is 0.488 e. The molecule has 0 heterocycles. The van der Waals surface area contributed by atoms with Crippen LogP contribution in [0.15, 0.2) is 60.7 Å². The summed E-state index contributed by atoms with van der Waals surface area (Å²) in [7, 11) is 0. The molecule has 0 spiro atoms. The van der Waals surface area contributed by atoms with Gasteiger partial charge in [-0.25, -0.2) is 0 Å².